The van der Waals surface area contributed by atoms with Gasteiger partial charge in [-0.05, 0) is 93.3 Å². The summed E-state index contributed by atoms with van der Waals surface area (Å²) < 4.78 is 62.6. The van der Waals surface area contributed by atoms with Crippen molar-refractivity contribution in [3.05, 3.63) is 105 Å². The lowest BCUT2D eigenvalue weighted by Crippen LogP contribution is -2.49. The number of nitrogens with zero attached hydrogens (tertiary/aromatic N) is 5. The van der Waals surface area contributed by atoms with Crippen molar-refractivity contribution in [2.75, 3.05) is 49.5 Å². The van der Waals surface area contributed by atoms with Crippen molar-refractivity contribution in [3.8, 4) is 5.75 Å². The molecule has 272 valence electrons. The molecule has 1 amide bonds. The Morgan fingerprint density at radius 2 is 1.71 bits per heavy atom. The highest BCUT2D eigenvalue weighted by atomic mass is 35.5. The van der Waals surface area contributed by atoms with Crippen LogP contribution in [0.5, 0.6) is 5.75 Å². The first-order chi connectivity index (χ1) is 24.1. The summed E-state index contributed by atoms with van der Waals surface area (Å²) in [5.74, 6) is -0.749. The summed E-state index contributed by atoms with van der Waals surface area (Å²) in [4.78, 5) is 27.2. The van der Waals surface area contributed by atoms with Crippen molar-refractivity contribution < 1.29 is 32.2 Å². The third-order valence-corrected chi connectivity index (χ3v) is 9.32. The van der Waals surface area contributed by atoms with Crippen LogP contribution < -0.4 is 15.0 Å². The largest absolute Gasteiger partial charge is 0.489 e. The maximum Gasteiger partial charge on any atom is 0.416 e. The summed E-state index contributed by atoms with van der Waals surface area (Å²) >= 11 is 6.53. The number of anilines is 3. The number of nitrogens with one attached hydrogen (secondary N) is 1. The number of rotatable bonds is 11. The monoisotopic (exact) mass is 728 g/mol. The number of aromatic nitrogens is 2. The zero-order chi connectivity index (χ0) is 37.0. The summed E-state index contributed by atoms with van der Waals surface area (Å²) in [5.41, 5.74) is 1.85. The van der Waals surface area contributed by atoms with Gasteiger partial charge < -0.3 is 15.2 Å². The van der Waals surface area contributed by atoms with Crippen molar-refractivity contribution in [1.29, 1.82) is 0 Å². The van der Waals surface area contributed by atoms with E-state index in [0.29, 0.717) is 35.9 Å². The van der Waals surface area contributed by atoms with Crippen molar-refractivity contribution in [2.24, 2.45) is 0 Å². The molecule has 1 atom stereocenters. The molecule has 1 fully saturated rings. The Kier molecular flexibility index (Phi) is 11.7. The zero-order valence-electron chi connectivity index (χ0n) is 29.1. The summed E-state index contributed by atoms with van der Waals surface area (Å²) in [6, 6.07) is 11.2. The van der Waals surface area contributed by atoms with E-state index in [-0.39, 0.29) is 33.8 Å². The minimum Gasteiger partial charge on any atom is -0.489 e. The summed E-state index contributed by atoms with van der Waals surface area (Å²) in [5, 5.41) is 13.5. The number of amides is 1. The maximum absolute atomic E-state index is 15.1. The van der Waals surface area contributed by atoms with Gasteiger partial charge in [-0.25, -0.2) is 19.1 Å². The second kappa shape index (κ2) is 15.8. The molecule has 0 bridgehead atoms. The lowest BCUT2D eigenvalue weighted by molar-refractivity contribution is -0.137. The van der Waals surface area contributed by atoms with E-state index in [2.05, 4.69) is 38.9 Å². The number of ether oxygens (including phenoxy) is 1. The molecule has 1 saturated heterocycles. The van der Waals surface area contributed by atoms with Crippen LogP contribution in [-0.2, 0) is 6.18 Å². The molecule has 5 rings (SSSR count). The first-order valence-electron chi connectivity index (χ1n) is 16.6. The van der Waals surface area contributed by atoms with Gasteiger partial charge in [0.1, 0.15) is 12.4 Å². The van der Waals surface area contributed by atoms with Gasteiger partial charge in [-0.2, -0.15) is 18.2 Å². The number of aryl methyl sites for hydroxylation is 3. The summed E-state index contributed by atoms with van der Waals surface area (Å²) in [6.07, 6.45) is -4.90. The molecule has 1 unspecified atom stereocenters. The molecule has 1 aliphatic rings. The van der Waals surface area contributed by atoms with Crippen LogP contribution in [0.15, 0.2) is 60.8 Å². The van der Waals surface area contributed by atoms with Crippen molar-refractivity contribution in [1.82, 2.24) is 19.8 Å². The van der Waals surface area contributed by atoms with Crippen LogP contribution in [0.1, 0.15) is 53.3 Å². The quantitative estimate of drug-likeness (QED) is 0.148. The normalized spacial score (nSPS) is 14.8. The van der Waals surface area contributed by atoms with Crippen LogP contribution in [-0.4, -0.2) is 76.3 Å². The molecule has 0 aliphatic carbocycles. The van der Waals surface area contributed by atoms with Gasteiger partial charge in [-0.3, -0.25) is 9.80 Å². The molecule has 9 nitrogen and oxygen atoms in total. The van der Waals surface area contributed by atoms with Crippen LogP contribution >= 0.6 is 11.6 Å². The van der Waals surface area contributed by atoms with Gasteiger partial charge in [0, 0.05) is 61.7 Å². The fourth-order valence-electron chi connectivity index (χ4n) is 6.47. The average molecular weight is 729 g/mol. The van der Waals surface area contributed by atoms with Crippen molar-refractivity contribution in [3.63, 3.8) is 0 Å². The number of benzene rings is 3. The van der Waals surface area contributed by atoms with E-state index < -0.39 is 29.7 Å². The highest BCUT2D eigenvalue weighted by molar-refractivity contribution is 6.31. The lowest BCUT2D eigenvalue weighted by Gasteiger charge is -2.36. The van der Waals surface area contributed by atoms with Gasteiger partial charge in [0.25, 0.3) is 0 Å². The van der Waals surface area contributed by atoms with Crippen molar-refractivity contribution in [2.45, 2.75) is 52.9 Å². The highest BCUT2D eigenvalue weighted by Crippen LogP contribution is 2.42. The van der Waals surface area contributed by atoms with Gasteiger partial charge in [-0.15, -0.1) is 0 Å². The average Bonchev–Trinajstić information content (AvgIpc) is 3.05. The van der Waals surface area contributed by atoms with Gasteiger partial charge in [0.05, 0.1) is 11.6 Å². The molecule has 1 aromatic heterocycles. The van der Waals surface area contributed by atoms with Crippen LogP contribution in [0.4, 0.5) is 39.8 Å². The molecular weight excluding hydrogens is 688 g/mol. The highest BCUT2D eigenvalue weighted by Gasteiger charge is 2.37. The molecule has 1 aliphatic heterocycles. The van der Waals surface area contributed by atoms with Gasteiger partial charge in [-0.1, -0.05) is 29.3 Å². The van der Waals surface area contributed by atoms with Gasteiger partial charge in [0.15, 0.2) is 11.6 Å². The Morgan fingerprint density at radius 3 is 2.31 bits per heavy atom. The Labute approximate surface area is 299 Å². The van der Waals surface area contributed by atoms with Crippen molar-refractivity contribution >= 4 is 35.1 Å². The van der Waals surface area contributed by atoms with Crippen LogP contribution in [0, 0.1) is 26.6 Å². The zero-order valence-corrected chi connectivity index (χ0v) is 29.8. The second-order valence-corrected chi connectivity index (χ2v) is 13.3. The summed E-state index contributed by atoms with van der Waals surface area (Å²) in [7, 11) is 0. The molecule has 0 radical (unpaired) electrons. The van der Waals surface area contributed by atoms with E-state index >= 15 is 4.39 Å². The number of carboxylic acid groups (broad SMARTS) is 1. The maximum atomic E-state index is 15.1. The van der Waals surface area contributed by atoms with Gasteiger partial charge >= 0.3 is 12.3 Å². The molecule has 51 heavy (non-hydrogen) atoms. The third-order valence-electron chi connectivity index (χ3n) is 8.97. The van der Waals surface area contributed by atoms with E-state index in [1.165, 1.54) is 24.4 Å². The number of hydrogen-bond acceptors (Lipinski definition) is 7. The minimum atomic E-state index is -4.71. The molecule has 3 aromatic carbocycles. The molecule has 2 N–H and O–H groups in total. The minimum absolute atomic E-state index is 0.0579. The standard InChI is InChI=1S/C37H41ClF4N6O3/c1-22(2)47-14-12-46(13-15-47)16-17-51-31-9-7-27(21-30(31)39)44-35-43-11-10-32(45-35)48(36(49)50)34(33-24(4)18-23(3)19-25(33)5)28-20-26(37(40,41)42)6-8-29(28)38/h6-11,18-22,34H,12-17H2,1-5H3,(H,49,50)(H,43,44,45). The van der Waals surface area contributed by atoms with E-state index in [9.17, 15) is 23.1 Å². The van der Waals surface area contributed by atoms with Crippen LogP contribution in [0.3, 0.4) is 0 Å². The Morgan fingerprint density at radius 1 is 1.02 bits per heavy atom. The Bertz CT molecular complexity index is 1840. The smallest absolute Gasteiger partial charge is 0.416 e. The third kappa shape index (κ3) is 9.07. The first-order valence-corrected chi connectivity index (χ1v) is 17.0. The lowest BCUT2D eigenvalue weighted by atomic mass is 9.88. The first kappa shape index (κ1) is 37.8. The summed E-state index contributed by atoms with van der Waals surface area (Å²) in [6.45, 7) is 14.5. The molecular formula is C37H41ClF4N6O3. The second-order valence-electron chi connectivity index (χ2n) is 12.9. The molecule has 14 heteroatoms. The number of piperazine rings is 1. The SMILES string of the molecule is Cc1cc(C)c(C(c2cc(C(F)(F)F)ccc2Cl)N(C(=O)O)c2ccnc(Nc3ccc(OCCN4CCN(C(C)C)CC4)c(F)c3)n2)c(C)c1. The molecule has 0 spiro atoms. The van der Waals surface area contributed by atoms with Crippen LogP contribution in [0.25, 0.3) is 0 Å². The number of halogens is 5. The fourth-order valence-corrected chi connectivity index (χ4v) is 6.69. The topological polar surface area (TPSA) is 94.1 Å². The predicted octanol–water partition coefficient (Wildman–Crippen LogP) is 8.64. The van der Waals surface area contributed by atoms with E-state index in [1.54, 1.807) is 19.9 Å². The van der Waals surface area contributed by atoms with Crippen LogP contribution in [0.2, 0.25) is 5.02 Å². The fraction of sp³-hybridized carbons (Fsp3) is 0.378. The number of alkyl halides is 3. The molecule has 2 heterocycles. The molecule has 0 saturated carbocycles. The predicted molar refractivity (Wildman–Crippen MR) is 190 cm³/mol. The molecule has 4 aromatic rings. The van der Waals surface area contributed by atoms with E-state index in [1.807, 2.05) is 19.1 Å². The van der Waals surface area contributed by atoms with Gasteiger partial charge in [0.2, 0.25) is 5.95 Å². The number of hydrogen-bond donors (Lipinski definition) is 2. The van der Waals surface area contributed by atoms with E-state index in [0.717, 1.165) is 54.8 Å². The number of carbonyl (C=O) groups is 1. The van der Waals surface area contributed by atoms with E-state index in [4.69, 9.17) is 16.3 Å². The Hall–Kier alpha value is -4.46. The Balaban J connectivity index is 1.41.